The van der Waals surface area contributed by atoms with Crippen LogP contribution >= 0.6 is 0 Å². The van der Waals surface area contributed by atoms with Crippen molar-refractivity contribution in [3.05, 3.63) is 173 Å². The predicted molar refractivity (Wildman–Crippen MR) is 341 cm³/mol. The monoisotopic (exact) mass is 1130 g/mol. The van der Waals surface area contributed by atoms with Crippen LogP contribution in [-0.4, -0.2) is 41.2 Å². The Balaban J connectivity index is 1.70. The third-order valence-corrected chi connectivity index (χ3v) is 16.4. The van der Waals surface area contributed by atoms with Crippen molar-refractivity contribution >= 4 is 0 Å². The highest BCUT2D eigenvalue weighted by Crippen LogP contribution is 2.46. The van der Waals surface area contributed by atoms with Crippen LogP contribution in [0.4, 0.5) is 0 Å². The molecule has 6 aromatic carbocycles. The van der Waals surface area contributed by atoms with E-state index in [4.69, 9.17) is 28.4 Å². The van der Waals surface area contributed by atoms with Crippen LogP contribution in [0.3, 0.4) is 0 Å². The van der Waals surface area contributed by atoms with E-state index in [9.17, 15) is 15.8 Å². The Morgan fingerprint density at radius 2 is 0.393 bits per heavy atom. The van der Waals surface area contributed by atoms with Gasteiger partial charge >= 0.3 is 0 Å². The number of ether oxygens (including phenoxy) is 6. The van der Waals surface area contributed by atoms with E-state index >= 15 is 0 Å². The van der Waals surface area contributed by atoms with Gasteiger partial charge in [-0.05, 0) is 133 Å². The fraction of sp³-hybridized carbons (Fsp3) is 0.480. The number of methoxy groups -OCH3 is 3. The highest BCUT2D eigenvalue weighted by atomic mass is 16.5. The van der Waals surface area contributed by atoms with Crippen LogP contribution in [0.15, 0.2) is 72.8 Å². The maximum absolute atomic E-state index is 10.3. The second-order valence-electron chi connectivity index (χ2n) is 29.3. The molecule has 6 aromatic rings. The summed E-state index contributed by atoms with van der Waals surface area (Å²) in [5, 5.41) is 30.8. The number of fused-ring (bicyclic) bond motifs is 12. The zero-order valence-electron chi connectivity index (χ0n) is 54.6. The van der Waals surface area contributed by atoms with Gasteiger partial charge in [0.25, 0.3) is 0 Å². The second-order valence-corrected chi connectivity index (χ2v) is 29.3. The lowest BCUT2D eigenvalue weighted by molar-refractivity contribution is 0.358. The number of hydrogen-bond acceptors (Lipinski definition) is 9. The summed E-state index contributed by atoms with van der Waals surface area (Å²) in [6.07, 6.45) is 2.65. The van der Waals surface area contributed by atoms with Gasteiger partial charge in [-0.1, -0.05) is 197 Å². The molecule has 0 N–H and O–H groups in total. The van der Waals surface area contributed by atoms with Crippen LogP contribution in [0.1, 0.15) is 225 Å². The molecule has 0 atom stereocenters. The summed E-state index contributed by atoms with van der Waals surface area (Å²) in [7, 11) is 5.25. The Morgan fingerprint density at radius 3 is 0.500 bits per heavy atom. The molecule has 0 heterocycles. The van der Waals surface area contributed by atoms with Gasteiger partial charge in [-0.15, -0.1) is 0 Å². The Hall–Kier alpha value is -7.41. The zero-order chi connectivity index (χ0) is 62.1. The molecule has 1 aliphatic carbocycles. The summed E-state index contributed by atoms with van der Waals surface area (Å²) in [5.74, 6) is 4.24. The van der Waals surface area contributed by atoms with Crippen LogP contribution < -0.4 is 28.4 Å². The number of rotatable bonds is 9. The molecular weight excluding hydrogens is 1040 g/mol. The van der Waals surface area contributed by atoms with Crippen molar-refractivity contribution in [3.8, 4) is 52.7 Å². The summed E-state index contributed by atoms with van der Waals surface area (Å²) in [5.41, 5.74) is 16.8. The molecule has 0 amide bonds. The normalized spacial score (nSPS) is 13.4. The van der Waals surface area contributed by atoms with E-state index in [1.165, 1.54) is 0 Å². The third kappa shape index (κ3) is 14.6. The number of benzene rings is 6. The minimum absolute atomic E-state index is 0.146. The molecule has 0 fully saturated rings. The van der Waals surface area contributed by atoms with Crippen molar-refractivity contribution < 1.29 is 28.4 Å². The molecule has 444 valence electrons. The van der Waals surface area contributed by atoms with E-state index in [1.807, 2.05) is 0 Å². The SMILES string of the molecule is COc1c2cc(C(C)(C)C)cc1Cc1cc(C(C)(C)C)cc(c1OCC#N)Cc1cc(C(C)(C)C)cc(c1OC)Cc1cc(C(C)(C)C)cc(c1OCC#N)Cc1cc(C(C)(C)C)cc(c1OC)Cc1cc(C(C)(C)C)cc(c1OCC#N)C2. The summed E-state index contributed by atoms with van der Waals surface area (Å²) >= 11 is 0. The van der Waals surface area contributed by atoms with Crippen LogP contribution in [0.5, 0.6) is 34.5 Å². The van der Waals surface area contributed by atoms with Gasteiger partial charge in [-0.2, -0.15) is 15.8 Å². The smallest absolute Gasteiger partial charge is 0.174 e. The van der Waals surface area contributed by atoms with E-state index in [0.29, 0.717) is 55.8 Å². The highest BCUT2D eigenvalue weighted by molar-refractivity contribution is 5.61. The van der Waals surface area contributed by atoms with Crippen molar-refractivity contribution in [3.63, 3.8) is 0 Å². The maximum Gasteiger partial charge on any atom is 0.174 e. The second kappa shape index (κ2) is 24.7. The molecule has 0 unspecified atom stereocenters. The van der Waals surface area contributed by atoms with Crippen molar-refractivity contribution in [1.82, 2.24) is 0 Å². The van der Waals surface area contributed by atoms with Crippen molar-refractivity contribution in [2.24, 2.45) is 0 Å². The molecule has 0 spiro atoms. The van der Waals surface area contributed by atoms with Gasteiger partial charge in [0.05, 0.1) is 21.3 Å². The maximum atomic E-state index is 10.3. The molecule has 9 heteroatoms. The predicted octanol–water partition coefficient (Wildman–Crippen LogP) is 17.1. The lowest BCUT2D eigenvalue weighted by atomic mass is 9.79. The average Bonchev–Trinajstić information content (AvgIpc) is 1.40. The van der Waals surface area contributed by atoms with E-state index in [2.05, 4.69) is 216 Å². The largest absolute Gasteiger partial charge is 0.496 e. The van der Waals surface area contributed by atoms with Crippen LogP contribution in [0, 0.1) is 34.0 Å². The Morgan fingerprint density at radius 1 is 0.262 bits per heavy atom. The first kappa shape index (κ1) is 64.2. The summed E-state index contributed by atoms with van der Waals surface area (Å²) in [4.78, 5) is 0. The highest BCUT2D eigenvalue weighted by Gasteiger charge is 2.31. The number of nitrogens with zero attached hydrogens (tertiary/aromatic N) is 3. The summed E-state index contributed by atoms with van der Waals surface area (Å²) < 4.78 is 40.0. The minimum Gasteiger partial charge on any atom is -0.496 e. The minimum atomic E-state index is -0.269. The summed E-state index contributed by atoms with van der Waals surface area (Å²) in [6, 6.07) is 34.0. The Kier molecular flexibility index (Phi) is 18.8. The standard InChI is InChI=1S/C75H93N3O6/c1-70(2,3)58-34-46-28-52-40-61(73(10,11)12)42-54(67(52)82-25-22-76)30-48-36-59(71(4,5)6)38-50(65(48)80-20)32-56-44-63(75(16,17)18)45-57(69(56)84-27-24-78)33-51-39-60(72(7,8)9)37-49(66(51)81-21)31-55-43-62(74(13,14)15)41-53(68(55)83-26-23-77)29-47(35-58)64(46)79-19/h34-45H,25-33H2,1-21H3. The van der Waals surface area contributed by atoms with Gasteiger partial charge in [0.1, 0.15) is 52.7 Å². The topological polar surface area (TPSA) is 127 Å². The van der Waals surface area contributed by atoms with Gasteiger partial charge in [0, 0.05) is 38.5 Å². The molecule has 1 aliphatic rings. The fourth-order valence-electron chi connectivity index (χ4n) is 11.6. The van der Waals surface area contributed by atoms with E-state index in [-0.39, 0.29) is 52.3 Å². The first-order valence-corrected chi connectivity index (χ1v) is 29.7. The number of hydrogen-bond donors (Lipinski definition) is 0. The lowest BCUT2D eigenvalue weighted by Crippen LogP contribution is -2.17. The van der Waals surface area contributed by atoms with Crippen LogP contribution in [-0.2, 0) is 71.0 Å². The average molecular weight is 1130 g/mol. The van der Waals surface area contributed by atoms with Crippen LogP contribution in [0.25, 0.3) is 0 Å². The summed E-state index contributed by atoms with van der Waals surface area (Å²) in [6.45, 7) is 39.8. The van der Waals surface area contributed by atoms with E-state index in [0.717, 1.165) is 117 Å². The Bertz CT molecular complexity index is 3040. The van der Waals surface area contributed by atoms with Crippen LogP contribution in [0.2, 0.25) is 0 Å². The first-order valence-electron chi connectivity index (χ1n) is 29.7. The van der Waals surface area contributed by atoms with Crippen molar-refractivity contribution in [2.45, 2.75) is 196 Å². The van der Waals surface area contributed by atoms with Gasteiger partial charge in [-0.25, -0.2) is 0 Å². The molecule has 0 radical (unpaired) electrons. The third-order valence-electron chi connectivity index (χ3n) is 16.4. The lowest BCUT2D eigenvalue weighted by Gasteiger charge is -2.28. The fourth-order valence-corrected chi connectivity index (χ4v) is 11.6. The molecule has 9 nitrogen and oxygen atoms in total. The molecular formula is C75H93N3O6. The zero-order valence-corrected chi connectivity index (χ0v) is 54.6. The van der Waals surface area contributed by atoms with Gasteiger partial charge in [-0.3, -0.25) is 0 Å². The molecule has 0 saturated carbocycles. The molecule has 84 heavy (non-hydrogen) atoms. The molecule has 0 aliphatic heterocycles. The number of nitriles is 3. The Labute approximate surface area is 504 Å². The molecule has 0 aromatic heterocycles. The molecule has 7 rings (SSSR count). The first-order chi connectivity index (χ1) is 39.1. The molecule has 12 bridgehead atoms. The molecule has 0 saturated heterocycles. The van der Waals surface area contributed by atoms with Gasteiger partial charge < -0.3 is 28.4 Å². The van der Waals surface area contributed by atoms with Gasteiger partial charge in [0.2, 0.25) is 0 Å². The van der Waals surface area contributed by atoms with E-state index < -0.39 is 0 Å². The van der Waals surface area contributed by atoms with Crippen molar-refractivity contribution in [1.29, 1.82) is 15.8 Å². The van der Waals surface area contributed by atoms with Crippen molar-refractivity contribution in [2.75, 3.05) is 41.2 Å². The van der Waals surface area contributed by atoms with Gasteiger partial charge in [0.15, 0.2) is 19.8 Å². The quantitative estimate of drug-likeness (QED) is 0.139. The van der Waals surface area contributed by atoms with E-state index in [1.54, 1.807) is 21.3 Å².